The maximum Gasteiger partial charge on any atom is 0.472 e. The van der Waals surface area contributed by atoms with Gasteiger partial charge in [-0.15, -0.1) is 0 Å². The number of nitrogen functional groups attached to an aromatic ring is 1. The summed E-state index contributed by atoms with van der Waals surface area (Å²) in [6.45, 7) is -1.46. The first-order valence-electron chi connectivity index (χ1n) is 12.8. The lowest BCUT2D eigenvalue weighted by molar-refractivity contribution is -0.0671. The van der Waals surface area contributed by atoms with Crippen molar-refractivity contribution in [3.05, 3.63) is 43.2 Å². The standard InChI is InChI=1S/C22H25N7O12P2/c23-19-14-20(25-7-24-19)29(9-27-14)21-16(31)17-13(39-21)6-37-43(34,35)41-18-15(30)12(5-36-42(32,33)40-17)38-22(18)28-8-26-10-3-1-2-4-11(10)28/h1-4,7-9,12-13,15-18,21-22,30-31H,5-6H2,(H,32,33)(H,34,35)(H2,23,24,25)/t12-,13-,15?,16?,17?,18?,21-,22-/m1/s1. The molecule has 6 N–H and O–H groups in total. The van der Waals surface area contributed by atoms with Crippen LogP contribution in [0.15, 0.2) is 43.2 Å². The highest BCUT2D eigenvalue weighted by atomic mass is 31.2. The Morgan fingerprint density at radius 3 is 2.28 bits per heavy atom. The first kappa shape index (κ1) is 28.8. The van der Waals surface area contributed by atoms with Crippen LogP contribution in [-0.2, 0) is 36.7 Å². The Labute approximate surface area is 240 Å². The lowest BCUT2D eigenvalue weighted by Crippen LogP contribution is -2.36. The fourth-order valence-corrected chi connectivity index (χ4v) is 7.25. The van der Waals surface area contributed by atoms with Gasteiger partial charge < -0.3 is 39.8 Å². The highest BCUT2D eigenvalue weighted by Crippen LogP contribution is 2.53. The van der Waals surface area contributed by atoms with Crippen molar-refractivity contribution >= 4 is 43.7 Å². The van der Waals surface area contributed by atoms with E-state index in [0.717, 1.165) is 0 Å². The van der Waals surface area contributed by atoms with Gasteiger partial charge in [0.25, 0.3) is 0 Å². The number of phosphoric ester groups is 2. The van der Waals surface area contributed by atoms with Crippen molar-refractivity contribution < 1.29 is 56.7 Å². The van der Waals surface area contributed by atoms with Crippen LogP contribution < -0.4 is 5.73 Å². The number of aliphatic hydroxyl groups excluding tert-OH is 2. The van der Waals surface area contributed by atoms with Gasteiger partial charge in [-0.25, -0.2) is 29.1 Å². The molecular weight excluding hydrogens is 616 g/mol. The molecule has 6 heterocycles. The largest absolute Gasteiger partial charge is 0.472 e. The second kappa shape index (κ2) is 10.6. The van der Waals surface area contributed by atoms with Crippen molar-refractivity contribution in [1.82, 2.24) is 29.1 Å². The van der Waals surface area contributed by atoms with Crippen LogP contribution >= 0.6 is 15.6 Å². The van der Waals surface area contributed by atoms with E-state index in [1.165, 1.54) is 28.1 Å². The number of phosphoric acid groups is 2. The maximum atomic E-state index is 13.2. The summed E-state index contributed by atoms with van der Waals surface area (Å²) in [4.78, 5) is 37.6. The molecular formula is C22H25N7O12P2. The average Bonchev–Trinajstić information content (AvgIpc) is 3.72. The molecule has 3 fully saturated rings. The summed E-state index contributed by atoms with van der Waals surface area (Å²) in [6.07, 6.45) is -7.85. The van der Waals surface area contributed by atoms with Gasteiger partial charge in [0.05, 0.1) is 36.9 Å². The summed E-state index contributed by atoms with van der Waals surface area (Å²) in [5.41, 5.74) is 7.35. The Morgan fingerprint density at radius 2 is 1.49 bits per heavy atom. The molecule has 7 rings (SSSR count). The van der Waals surface area contributed by atoms with Crippen LogP contribution in [0.25, 0.3) is 22.2 Å². The minimum absolute atomic E-state index is 0.0611. The molecule has 0 radical (unpaired) electrons. The number of imidazole rings is 2. The average molecular weight is 641 g/mol. The van der Waals surface area contributed by atoms with Gasteiger partial charge in [0.1, 0.15) is 48.5 Å². The molecule has 2 bridgehead atoms. The van der Waals surface area contributed by atoms with E-state index < -0.39 is 77.9 Å². The van der Waals surface area contributed by atoms with Gasteiger partial charge in [-0.05, 0) is 12.1 Å². The van der Waals surface area contributed by atoms with Crippen molar-refractivity contribution in [2.75, 3.05) is 18.9 Å². The molecule has 6 unspecified atom stereocenters. The van der Waals surface area contributed by atoms with Crippen molar-refractivity contribution in [1.29, 1.82) is 0 Å². The molecule has 4 aromatic rings. The van der Waals surface area contributed by atoms with E-state index in [0.29, 0.717) is 11.0 Å². The zero-order valence-electron chi connectivity index (χ0n) is 21.8. The normalized spacial score (nSPS) is 38.9. The SMILES string of the molecule is Nc1ncnc2c1ncn2[C@@H]1O[C@@H]2COP(=O)(O)OC3C(O)[C@@H](COP(=O)(O)OC2C1O)O[C@H]3n1cnc2ccccc21. The number of hydrogen-bond acceptors (Lipinski definition) is 15. The molecule has 19 nitrogen and oxygen atoms in total. The van der Waals surface area contributed by atoms with Crippen LogP contribution in [0.4, 0.5) is 5.82 Å². The maximum absolute atomic E-state index is 13.2. The molecule has 21 heteroatoms. The van der Waals surface area contributed by atoms with E-state index >= 15 is 0 Å². The van der Waals surface area contributed by atoms with Gasteiger partial charge in [0, 0.05) is 0 Å². The zero-order valence-corrected chi connectivity index (χ0v) is 23.6. The number of aromatic nitrogens is 6. The Morgan fingerprint density at radius 1 is 0.814 bits per heavy atom. The van der Waals surface area contributed by atoms with E-state index in [9.17, 15) is 29.1 Å². The number of para-hydroxylation sites is 2. The molecule has 3 saturated heterocycles. The van der Waals surface area contributed by atoms with Crippen LogP contribution in [-0.4, -0.2) is 98.9 Å². The lowest BCUT2D eigenvalue weighted by Gasteiger charge is -2.26. The number of hydrogen-bond donors (Lipinski definition) is 5. The molecule has 3 aromatic heterocycles. The highest BCUT2D eigenvalue weighted by molar-refractivity contribution is 7.47. The summed E-state index contributed by atoms with van der Waals surface area (Å²) < 4.78 is 61.8. The Bertz CT molecular complexity index is 1770. The monoisotopic (exact) mass is 641 g/mol. The molecule has 230 valence electrons. The Hall–Kier alpha value is -2.90. The summed E-state index contributed by atoms with van der Waals surface area (Å²) in [6, 6.07) is 6.94. The Kier molecular flexibility index (Phi) is 7.13. The number of rotatable bonds is 2. The second-order valence-corrected chi connectivity index (χ2v) is 12.8. The number of aliphatic hydroxyl groups is 2. The van der Waals surface area contributed by atoms with Crippen LogP contribution in [0, 0.1) is 0 Å². The van der Waals surface area contributed by atoms with Gasteiger partial charge in [0.2, 0.25) is 0 Å². The van der Waals surface area contributed by atoms with E-state index in [4.69, 9.17) is 33.3 Å². The molecule has 0 amide bonds. The minimum atomic E-state index is -4.98. The zero-order chi connectivity index (χ0) is 30.1. The second-order valence-electron chi connectivity index (χ2n) is 10.0. The van der Waals surface area contributed by atoms with Crippen LogP contribution in [0.5, 0.6) is 0 Å². The summed E-state index contributed by atoms with van der Waals surface area (Å²) in [5.74, 6) is 0.0611. The molecule has 43 heavy (non-hydrogen) atoms. The van der Waals surface area contributed by atoms with Crippen LogP contribution in [0.2, 0.25) is 0 Å². The predicted octanol–water partition coefficient (Wildman–Crippen LogP) is -0.00700. The number of nitrogens with two attached hydrogens (primary N) is 1. The molecule has 0 spiro atoms. The first-order valence-corrected chi connectivity index (χ1v) is 15.8. The van der Waals surface area contributed by atoms with E-state index in [1.54, 1.807) is 24.3 Å². The molecule has 3 aliphatic heterocycles. The molecule has 0 saturated carbocycles. The third-order valence-electron chi connectivity index (χ3n) is 7.35. The smallest absolute Gasteiger partial charge is 0.387 e. The number of benzene rings is 1. The van der Waals surface area contributed by atoms with Gasteiger partial charge in [-0.1, -0.05) is 12.1 Å². The molecule has 10 atom stereocenters. The fraction of sp³-hybridized carbons (Fsp3) is 0.455. The third-order valence-corrected chi connectivity index (χ3v) is 9.32. The molecule has 3 aliphatic rings. The number of nitrogens with zero attached hydrogens (tertiary/aromatic N) is 6. The molecule has 0 aliphatic carbocycles. The van der Waals surface area contributed by atoms with Gasteiger partial charge in [-0.2, -0.15) is 0 Å². The third kappa shape index (κ3) is 5.16. The van der Waals surface area contributed by atoms with E-state index in [2.05, 4.69) is 19.9 Å². The molecule has 1 aromatic carbocycles. The summed E-state index contributed by atoms with van der Waals surface area (Å²) in [5, 5.41) is 22.1. The van der Waals surface area contributed by atoms with Crippen molar-refractivity contribution in [2.45, 2.75) is 49.1 Å². The highest BCUT2D eigenvalue weighted by Gasteiger charge is 2.53. The number of ether oxygens (including phenoxy) is 2. The Balaban J connectivity index is 1.20. The topological polar surface area (TPSA) is 258 Å². The fourth-order valence-electron chi connectivity index (χ4n) is 5.35. The minimum Gasteiger partial charge on any atom is -0.387 e. The lowest BCUT2D eigenvalue weighted by atomic mass is 10.1. The first-order chi connectivity index (χ1) is 20.5. The van der Waals surface area contributed by atoms with E-state index in [-0.39, 0.29) is 17.0 Å². The van der Waals surface area contributed by atoms with Crippen LogP contribution in [0.1, 0.15) is 12.5 Å². The van der Waals surface area contributed by atoms with Gasteiger partial charge in [-0.3, -0.25) is 22.7 Å². The van der Waals surface area contributed by atoms with Crippen LogP contribution in [0.3, 0.4) is 0 Å². The van der Waals surface area contributed by atoms with Crippen molar-refractivity contribution in [2.24, 2.45) is 0 Å². The van der Waals surface area contributed by atoms with Crippen molar-refractivity contribution in [3.8, 4) is 0 Å². The summed E-state index contributed by atoms with van der Waals surface area (Å²) >= 11 is 0. The predicted molar refractivity (Wildman–Crippen MR) is 141 cm³/mol. The summed E-state index contributed by atoms with van der Waals surface area (Å²) in [7, 11) is -9.96. The van der Waals surface area contributed by atoms with Gasteiger partial charge >= 0.3 is 15.6 Å². The van der Waals surface area contributed by atoms with Gasteiger partial charge in [0.15, 0.2) is 23.9 Å². The quantitative estimate of drug-likeness (QED) is 0.180. The number of fused-ring (bicyclic) bond motifs is 5. The van der Waals surface area contributed by atoms with E-state index in [1.807, 2.05) is 0 Å². The van der Waals surface area contributed by atoms with Crippen molar-refractivity contribution in [3.63, 3.8) is 0 Å². The number of anilines is 1.